The molecule has 24 heavy (non-hydrogen) atoms. The largest absolute Gasteiger partial charge is 0.369 e. The van der Waals surface area contributed by atoms with Crippen LogP contribution in [0.4, 0.5) is 5.82 Å². The van der Waals surface area contributed by atoms with E-state index in [1.165, 1.54) is 4.90 Å². The van der Waals surface area contributed by atoms with Crippen LogP contribution in [0.25, 0.3) is 0 Å². The maximum Gasteiger partial charge on any atom is 0.277 e. The number of carbonyl (C=O) groups is 2. The number of hydrogen-bond acceptors (Lipinski definition) is 3. The topological polar surface area (TPSA) is 85.2 Å². The van der Waals surface area contributed by atoms with Crippen LogP contribution in [-0.2, 0) is 9.59 Å². The summed E-state index contributed by atoms with van der Waals surface area (Å²) in [6.45, 7) is 5.52. The molecule has 0 aromatic carbocycles. The molecule has 3 heterocycles. The second-order valence-electron chi connectivity index (χ2n) is 6.74. The standard InChI is InChI=1S/C17H25N5O2/c18-17(24)14-4-3-7-22(12-14)16(23)13-20-8-10-21(11-9-20)15-5-1-2-6-19-15/h1-2,5-6,14H,3-4,7-13H2,(H2,18,24)/p+2/t14-/m0/s1. The molecule has 2 fully saturated rings. The van der Waals surface area contributed by atoms with Gasteiger partial charge in [-0.05, 0) is 18.9 Å². The molecule has 7 nitrogen and oxygen atoms in total. The van der Waals surface area contributed by atoms with Gasteiger partial charge in [0.1, 0.15) is 26.2 Å². The van der Waals surface area contributed by atoms with Gasteiger partial charge in [0.2, 0.25) is 5.91 Å². The number of piperidine rings is 1. The Morgan fingerprint density at radius 2 is 2.04 bits per heavy atom. The minimum absolute atomic E-state index is 0.149. The lowest BCUT2D eigenvalue weighted by molar-refractivity contribution is -0.892. The fraction of sp³-hybridized carbons (Fsp3) is 0.588. The van der Waals surface area contributed by atoms with E-state index in [4.69, 9.17) is 5.73 Å². The quantitative estimate of drug-likeness (QED) is 0.664. The number of anilines is 1. The van der Waals surface area contributed by atoms with Gasteiger partial charge in [0.25, 0.3) is 11.7 Å². The van der Waals surface area contributed by atoms with Crippen molar-refractivity contribution in [1.29, 1.82) is 0 Å². The van der Waals surface area contributed by atoms with Gasteiger partial charge >= 0.3 is 0 Å². The summed E-state index contributed by atoms with van der Waals surface area (Å²) in [7, 11) is 0. The van der Waals surface area contributed by atoms with E-state index in [1.807, 2.05) is 23.2 Å². The van der Waals surface area contributed by atoms with Crippen molar-refractivity contribution in [2.24, 2.45) is 11.7 Å². The van der Waals surface area contributed by atoms with E-state index < -0.39 is 0 Å². The average molecular weight is 333 g/mol. The number of aromatic amines is 1. The summed E-state index contributed by atoms with van der Waals surface area (Å²) in [5, 5.41) is 0. The molecule has 7 heteroatoms. The number of nitrogens with two attached hydrogens (primary N) is 1. The highest BCUT2D eigenvalue weighted by Gasteiger charge is 2.31. The second-order valence-corrected chi connectivity index (χ2v) is 6.74. The van der Waals surface area contributed by atoms with E-state index >= 15 is 0 Å². The van der Waals surface area contributed by atoms with Gasteiger partial charge in [0.05, 0.1) is 12.1 Å². The summed E-state index contributed by atoms with van der Waals surface area (Å²) in [4.78, 5) is 32.6. The van der Waals surface area contributed by atoms with Crippen molar-refractivity contribution in [1.82, 2.24) is 4.90 Å². The number of H-pyrrole nitrogens is 1. The number of amides is 2. The first-order valence-electron chi connectivity index (χ1n) is 8.76. The van der Waals surface area contributed by atoms with Gasteiger partial charge in [-0.2, -0.15) is 0 Å². The lowest BCUT2D eigenvalue weighted by atomic mass is 9.97. The van der Waals surface area contributed by atoms with E-state index in [0.29, 0.717) is 13.1 Å². The zero-order valence-electron chi connectivity index (χ0n) is 14.0. The molecule has 1 aromatic rings. The summed E-state index contributed by atoms with van der Waals surface area (Å²) in [5.41, 5.74) is 5.39. The number of carbonyl (C=O) groups excluding carboxylic acids is 2. The highest BCUT2D eigenvalue weighted by Crippen LogP contribution is 2.15. The first-order valence-corrected chi connectivity index (χ1v) is 8.76. The van der Waals surface area contributed by atoms with Crippen LogP contribution in [0.1, 0.15) is 12.8 Å². The van der Waals surface area contributed by atoms with Crippen LogP contribution in [0, 0.1) is 5.92 Å². The predicted molar refractivity (Wildman–Crippen MR) is 89.3 cm³/mol. The van der Waals surface area contributed by atoms with E-state index in [2.05, 4.69) is 16.0 Å². The van der Waals surface area contributed by atoms with E-state index in [0.717, 1.165) is 51.4 Å². The van der Waals surface area contributed by atoms with Crippen molar-refractivity contribution in [2.45, 2.75) is 12.8 Å². The minimum Gasteiger partial charge on any atom is -0.369 e. The van der Waals surface area contributed by atoms with Gasteiger partial charge in [-0.3, -0.25) is 14.5 Å². The maximum absolute atomic E-state index is 12.5. The van der Waals surface area contributed by atoms with E-state index in [-0.39, 0.29) is 17.7 Å². The van der Waals surface area contributed by atoms with Gasteiger partial charge in [-0.15, -0.1) is 0 Å². The molecule has 0 spiro atoms. The normalized spacial score (nSPS) is 22.4. The van der Waals surface area contributed by atoms with Crippen molar-refractivity contribution < 1.29 is 19.5 Å². The number of likely N-dealkylation sites (tertiary alicyclic amines) is 1. The van der Waals surface area contributed by atoms with Crippen molar-refractivity contribution >= 4 is 17.6 Å². The van der Waals surface area contributed by atoms with Crippen LogP contribution in [-0.4, -0.2) is 62.5 Å². The Balaban J connectivity index is 1.47. The molecule has 0 unspecified atom stereocenters. The van der Waals surface area contributed by atoms with Crippen molar-refractivity contribution in [3.63, 3.8) is 0 Å². The van der Waals surface area contributed by atoms with Crippen LogP contribution in [0.5, 0.6) is 0 Å². The summed E-state index contributed by atoms with van der Waals surface area (Å²) >= 11 is 0. The first kappa shape index (κ1) is 16.7. The van der Waals surface area contributed by atoms with Gasteiger partial charge < -0.3 is 15.5 Å². The Morgan fingerprint density at radius 1 is 1.25 bits per heavy atom. The van der Waals surface area contributed by atoms with Gasteiger partial charge in [0, 0.05) is 19.2 Å². The van der Waals surface area contributed by atoms with Crippen LogP contribution in [0.3, 0.4) is 0 Å². The zero-order valence-corrected chi connectivity index (χ0v) is 14.0. The molecular weight excluding hydrogens is 306 g/mol. The predicted octanol–water partition coefficient (Wildman–Crippen LogP) is -2.07. The van der Waals surface area contributed by atoms with E-state index in [9.17, 15) is 9.59 Å². The Labute approximate surface area is 142 Å². The Kier molecular flexibility index (Phi) is 5.30. The lowest BCUT2D eigenvalue weighted by Gasteiger charge is -2.33. The smallest absolute Gasteiger partial charge is 0.277 e. The fourth-order valence-corrected chi connectivity index (χ4v) is 3.58. The minimum atomic E-state index is -0.285. The van der Waals surface area contributed by atoms with Crippen LogP contribution < -0.4 is 20.5 Å². The van der Waals surface area contributed by atoms with Gasteiger partial charge in [-0.25, -0.2) is 4.98 Å². The molecule has 2 aliphatic heterocycles. The van der Waals surface area contributed by atoms with Crippen molar-refractivity contribution in [3.05, 3.63) is 24.4 Å². The number of hydrogen-bond donors (Lipinski definition) is 2. The van der Waals surface area contributed by atoms with Crippen LogP contribution in [0.2, 0.25) is 0 Å². The zero-order chi connectivity index (χ0) is 16.9. The molecule has 2 aliphatic rings. The number of quaternary nitrogens is 1. The number of nitrogens with zero attached hydrogens (tertiary/aromatic N) is 2. The number of primary amides is 1. The van der Waals surface area contributed by atoms with Crippen molar-refractivity contribution in [2.75, 3.05) is 50.7 Å². The third kappa shape index (κ3) is 4.03. The van der Waals surface area contributed by atoms with Gasteiger partial charge in [0.15, 0.2) is 6.54 Å². The Morgan fingerprint density at radius 3 is 2.71 bits per heavy atom. The SMILES string of the molecule is NC(=O)[C@H]1CCCN(C(=O)C[NH+]2CCN(c3cccc[nH+]3)CC2)C1. The molecule has 3 rings (SSSR count). The highest BCUT2D eigenvalue weighted by molar-refractivity contribution is 5.80. The summed E-state index contributed by atoms with van der Waals surface area (Å²) < 4.78 is 0. The summed E-state index contributed by atoms with van der Waals surface area (Å²) in [6.07, 6.45) is 3.61. The molecular formula is C17H27N5O2+2. The van der Waals surface area contributed by atoms with Crippen LogP contribution in [0.15, 0.2) is 24.4 Å². The second kappa shape index (κ2) is 7.61. The number of rotatable bonds is 4. The fourth-order valence-electron chi connectivity index (χ4n) is 3.58. The summed E-state index contributed by atoms with van der Waals surface area (Å²) in [5.74, 6) is 0.814. The highest BCUT2D eigenvalue weighted by atomic mass is 16.2. The molecule has 130 valence electrons. The molecule has 0 bridgehead atoms. The average Bonchev–Trinajstić information content (AvgIpc) is 2.63. The molecule has 0 radical (unpaired) electrons. The third-order valence-electron chi connectivity index (χ3n) is 5.08. The van der Waals surface area contributed by atoms with Gasteiger partial charge in [-0.1, -0.05) is 6.07 Å². The number of pyridine rings is 1. The number of nitrogens with one attached hydrogen (secondary N) is 2. The van der Waals surface area contributed by atoms with Crippen LogP contribution >= 0.6 is 0 Å². The summed E-state index contributed by atoms with van der Waals surface area (Å²) in [6, 6.07) is 6.08. The van der Waals surface area contributed by atoms with Crippen molar-refractivity contribution in [3.8, 4) is 0 Å². The monoisotopic (exact) mass is 333 g/mol. The molecule has 0 aliphatic carbocycles. The maximum atomic E-state index is 12.5. The first-order chi connectivity index (χ1) is 11.6. The number of aromatic nitrogens is 1. The Bertz CT molecular complexity index is 572. The number of piperazine rings is 1. The molecule has 0 saturated carbocycles. The molecule has 4 N–H and O–H groups in total. The molecule has 1 aromatic heterocycles. The lowest BCUT2D eigenvalue weighted by Crippen LogP contribution is -3.16. The molecule has 1 atom stereocenters. The molecule has 2 saturated heterocycles. The molecule has 2 amide bonds. The third-order valence-corrected chi connectivity index (χ3v) is 5.08. The Hall–Kier alpha value is -2.15. The van der Waals surface area contributed by atoms with E-state index in [1.54, 1.807) is 0 Å².